The first-order valence-corrected chi connectivity index (χ1v) is 8.24. The van der Waals surface area contributed by atoms with E-state index in [9.17, 15) is 4.79 Å². The molecular weight excluding hydrogens is 236 g/mol. The van der Waals surface area contributed by atoms with E-state index in [2.05, 4.69) is 12.2 Å². The number of fused-ring (bicyclic) bond motifs is 1. The van der Waals surface area contributed by atoms with E-state index in [1.807, 2.05) is 0 Å². The first-order valence-electron chi connectivity index (χ1n) is 8.24. The highest BCUT2D eigenvalue weighted by Gasteiger charge is 2.34. The van der Waals surface area contributed by atoms with E-state index >= 15 is 0 Å². The van der Waals surface area contributed by atoms with Crippen molar-refractivity contribution in [1.29, 1.82) is 0 Å². The summed E-state index contributed by atoms with van der Waals surface area (Å²) in [6.07, 6.45) is 11.0. The Hall–Kier alpha value is -0.570. The molecule has 19 heavy (non-hydrogen) atoms. The lowest BCUT2D eigenvalue weighted by Crippen LogP contribution is -2.38. The fourth-order valence-electron chi connectivity index (χ4n) is 3.84. The van der Waals surface area contributed by atoms with E-state index in [1.165, 1.54) is 32.1 Å². The lowest BCUT2D eigenvalue weighted by Gasteiger charge is -2.38. The third-order valence-corrected chi connectivity index (χ3v) is 5.25. The third-order valence-electron chi connectivity index (χ3n) is 5.25. The Morgan fingerprint density at radius 1 is 1.21 bits per heavy atom. The lowest BCUT2D eigenvalue weighted by atomic mass is 9.67. The third kappa shape index (κ3) is 4.20. The van der Waals surface area contributed by atoms with Gasteiger partial charge in [0.05, 0.1) is 0 Å². The minimum absolute atomic E-state index is 0.231. The zero-order chi connectivity index (χ0) is 13.7. The molecule has 2 aliphatic rings. The smallest absolute Gasteiger partial charge is 0.223 e. The second-order valence-electron chi connectivity index (χ2n) is 6.56. The molecule has 4 atom stereocenters. The predicted octanol–water partition coefficient (Wildman–Crippen LogP) is 2.84. The van der Waals surface area contributed by atoms with Gasteiger partial charge in [0, 0.05) is 18.5 Å². The van der Waals surface area contributed by atoms with Gasteiger partial charge in [0.25, 0.3) is 0 Å². The van der Waals surface area contributed by atoms with Crippen molar-refractivity contribution in [3.8, 4) is 0 Å². The van der Waals surface area contributed by atoms with Crippen LogP contribution in [-0.4, -0.2) is 18.5 Å². The summed E-state index contributed by atoms with van der Waals surface area (Å²) in [4.78, 5) is 12.2. The van der Waals surface area contributed by atoms with Gasteiger partial charge in [0.15, 0.2) is 0 Å². The van der Waals surface area contributed by atoms with Crippen molar-refractivity contribution in [2.45, 2.75) is 70.8 Å². The van der Waals surface area contributed by atoms with Crippen LogP contribution in [0.4, 0.5) is 0 Å². The summed E-state index contributed by atoms with van der Waals surface area (Å²) in [5.74, 6) is 2.31. The van der Waals surface area contributed by atoms with Crippen LogP contribution in [-0.2, 0) is 4.79 Å². The molecule has 4 unspecified atom stereocenters. The number of rotatable bonds is 5. The quantitative estimate of drug-likeness (QED) is 0.804. The summed E-state index contributed by atoms with van der Waals surface area (Å²) in [7, 11) is 0. The fourth-order valence-corrected chi connectivity index (χ4v) is 3.84. The lowest BCUT2D eigenvalue weighted by molar-refractivity contribution is -0.127. The molecular formula is C16H30N2O. The summed E-state index contributed by atoms with van der Waals surface area (Å²) in [5, 5.41) is 3.09. The van der Waals surface area contributed by atoms with Crippen LogP contribution in [0.5, 0.6) is 0 Å². The fraction of sp³-hybridized carbons (Fsp3) is 0.938. The van der Waals surface area contributed by atoms with Gasteiger partial charge in [0.2, 0.25) is 5.91 Å². The molecule has 0 aromatic heterocycles. The van der Waals surface area contributed by atoms with Crippen LogP contribution >= 0.6 is 0 Å². The number of carbonyl (C=O) groups excluding carboxylic acids is 1. The molecule has 110 valence electrons. The molecule has 3 heteroatoms. The Bertz CT molecular complexity index is 292. The molecule has 0 radical (unpaired) electrons. The molecule has 3 N–H and O–H groups in total. The van der Waals surface area contributed by atoms with Gasteiger partial charge in [-0.25, -0.2) is 0 Å². The number of amides is 1. The summed E-state index contributed by atoms with van der Waals surface area (Å²) in [5.41, 5.74) is 5.87. The van der Waals surface area contributed by atoms with E-state index in [1.54, 1.807) is 0 Å². The van der Waals surface area contributed by atoms with Crippen LogP contribution < -0.4 is 11.1 Å². The van der Waals surface area contributed by atoms with Gasteiger partial charge in [-0.05, 0) is 43.9 Å². The van der Waals surface area contributed by atoms with E-state index in [-0.39, 0.29) is 17.9 Å². The van der Waals surface area contributed by atoms with Crippen molar-refractivity contribution < 1.29 is 4.79 Å². The van der Waals surface area contributed by atoms with Crippen LogP contribution in [0, 0.1) is 17.8 Å². The highest BCUT2D eigenvalue weighted by Crippen LogP contribution is 2.42. The van der Waals surface area contributed by atoms with Gasteiger partial charge in [-0.2, -0.15) is 0 Å². The number of nitrogens with two attached hydrogens (primary N) is 1. The van der Waals surface area contributed by atoms with Gasteiger partial charge < -0.3 is 11.1 Å². The summed E-state index contributed by atoms with van der Waals surface area (Å²) < 4.78 is 0. The average Bonchev–Trinajstić information content (AvgIpc) is 2.46. The maximum Gasteiger partial charge on any atom is 0.223 e. The molecule has 2 saturated carbocycles. The van der Waals surface area contributed by atoms with Crippen LogP contribution in [0.1, 0.15) is 64.7 Å². The maximum absolute atomic E-state index is 12.2. The molecule has 0 aromatic rings. The molecule has 0 aromatic carbocycles. The summed E-state index contributed by atoms with van der Waals surface area (Å²) in [6.45, 7) is 2.84. The minimum Gasteiger partial charge on any atom is -0.356 e. The Morgan fingerprint density at radius 3 is 2.68 bits per heavy atom. The van der Waals surface area contributed by atoms with Crippen molar-refractivity contribution in [3.63, 3.8) is 0 Å². The molecule has 0 spiro atoms. The van der Waals surface area contributed by atoms with Crippen LogP contribution in [0.3, 0.4) is 0 Å². The number of carbonyl (C=O) groups is 1. The van der Waals surface area contributed by atoms with Gasteiger partial charge in [-0.3, -0.25) is 4.79 Å². The highest BCUT2D eigenvalue weighted by atomic mass is 16.1. The highest BCUT2D eigenvalue weighted by molar-refractivity contribution is 5.78. The zero-order valence-corrected chi connectivity index (χ0v) is 12.4. The zero-order valence-electron chi connectivity index (χ0n) is 12.4. The van der Waals surface area contributed by atoms with Gasteiger partial charge in [-0.15, -0.1) is 0 Å². The monoisotopic (exact) mass is 266 g/mol. The molecule has 2 rings (SSSR count). The van der Waals surface area contributed by atoms with Crippen molar-refractivity contribution in [3.05, 3.63) is 0 Å². The second kappa shape index (κ2) is 7.28. The first-order chi connectivity index (χ1) is 9.20. The van der Waals surface area contributed by atoms with Gasteiger partial charge >= 0.3 is 0 Å². The van der Waals surface area contributed by atoms with Gasteiger partial charge in [-0.1, -0.05) is 32.6 Å². The van der Waals surface area contributed by atoms with E-state index < -0.39 is 0 Å². The van der Waals surface area contributed by atoms with Crippen molar-refractivity contribution in [2.75, 3.05) is 6.54 Å². The van der Waals surface area contributed by atoms with Crippen LogP contribution in [0.15, 0.2) is 0 Å². The summed E-state index contributed by atoms with van der Waals surface area (Å²) >= 11 is 0. The Morgan fingerprint density at radius 2 is 1.95 bits per heavy atom. The van der Waals surface area contributed by atoms with E-state index in [4.69, 9.17) is 5.73 Å². The number of nitrogens with one attached hydrogen (secondary N) is 1. The largest absolute Gasteiger partial charge is 0.356 e. The van der Waals surface area contributed by atoms with Crippen molar-refractivity contribution in [1.82, 2.24) is 5.32 Å². The topological polar surface area (TPSA) is 55.1 Å². The number of hydrogen-bond acceptors (Lipinski definition) is 2. The Balaban J connectivity index is 1.71. The molecule has 0 bridgehead atoms. The predicted molar refractivity (Wildman–Crippen MR) is 78.7 cm³/mol. The molecule has 0 aliphatic heterocycles. The molecule has 1 amide bonds. The van der Waals surface area contributed by atoms with E-state index in [0.29, 0.717) is 0 Å². The normalized spacial score (nSPS) is 32.4. The molecule has 2 aliphatic carbocycles. The number of hydrogen-bond donors (Lipinski definition) is 2. The molecule has 0 saturated heterocycles. The van der Waals surface area contributed by atoms with E-state index in [0.717, 1.165) is 44.1 Å². The maximum atomic E-state index is 12.2. The molecule has 2 fully saturated rings. The van der Waals surface area contributed by atoms with Crippen LogP contribution in [0.25, 0.3) is 0 Å². The Labute approximate surface area is 117 Å². The standard InChI is InChI=1S/C16H30N2O/c1-2-15(17)9-10-18-16(19)14-8-7-12-5-3-4-6-13(12)11-14/h12-15H,2-11,17H2,1H3,(H,18,19). The second-order valence-corrected chi connectivity index (χ2v) is 6.56. The van der Waals surface area contributed by atoms with Gasteiger partial charge in [0.1, 0.15) is 0 Å². The summed E-state index contributed by atoms with van der Waals surface area (Å²) in [6, 6.07) is 0.231. The first kappa shape index (κ1) is 14.8. The van der Waals surface area contributed by atoms with Crippen molar-refractivity contribution in [2.24, 2.45) is 23.5 Å². The SMILES string of the molecule is CCC(N)CCNC(=O)C1CCC2CCCCC2C1. The molecule has 0 heterocycles. The Kier molecular flexibility index (Phi) is 5.68. The average molecular weight is 266 g/mol. The minimum atomic E-state index is 0.231. The van der Waals surface area contributed by atoms with Crippen molar-refractivity contribution >= 4 is 5.91 Å². The molecule has 3 nitrogen and oxygen atoms in total. The van der Waals surface area contributed by atoms with Crippen LogP contribution in [0.2, 0.25) is 0 Å².